The number of carbonyl (C=O) groups excluding carboxylic acids is 2. The summed E-state index contributed by atoms with van der Waals surface area (Å²) in [5.41, 5.74) is 2.76. The molecule has 0 saturated carbocycles. The molecule has 2 aromatic rings. The summed E-state index contributed by atoms with van der Waals surface area (Å²) in [6.45, 7) is 6.53. The molecule has 0 aromatic heterocycles. The lowest BCUT2D eigenvalue weighted by atomic mass is 10.1. The van der Waals surface area contributed by atoms with Crippen molar-refractivity contribution in [3.63, 3.8) is 0 Å². The fourth-order valence-electron chi connectivity index (χ4n) is 2.94. The zero-order chi connectivity index (χ0) is 22.1. The minimum atomic E-state index is -0.403. The van der Waals surface area contributed by atoms with E-state index in [-0.39, 0.29) is 18.4 Å². The number of anilines is 1. The summed E-state index contributed by atoms with van der Waals surface area (Å²) in [5, 5.41) is 5.56. The monoisotopic (exact) mass is 413 g/mol. The van der Waals surface area contributed by atoms with Gasteiger partial charge in [-0.2, -0.15) is 0 Å². The Morgan fingerprint density at radius 1 is 1.03 bits per heavy atom. The van der Waals surface area contributed by atoms with Gasteiger partial charge in [-0.25, -0.2) is 0 Å². The minimum Gasteiger partial charge on any atom is -0.493 e. The first-order chi connectivity index (χ1) is 14.3. The van der Waals surface area contributed by atoms with E-state index in [2.05, 4.69) is 10.6 Å². The van der Waals surface area contributed by atoms with Crippen molar-refractivity contribution in [3.05, 3.63) is 53.6 Å². The molecular weight excluding hydrogens is 382 g/mol. The number of nitrogens with one attached hydrogen (secondary N) is 2. The molecule has 0 aliphatic carbocycles. The molecule has 0 aliphatic rings. The Balaban J connectivity index is 1.77. The van der Waals surface area contributed by atoms with Crippen molar-refractivity contribution in [1.29, 1.82) is 0 Å². The van der Waals surface area contributed by atoms with Gasteiger partial charge in [0.15, 0.2) is 11.5 Å². The molecule has 0 saturated heterocycles. The van der Waals surface area contributed by atoms with Crippen LogP contribution in [0.2, 0.25) is 0 Å². The molecule has 7 nitrogen and oxygen atoms in total. The number of hydrogen-bond acceptors (Lipinski definition) is 5. The first kappa shape index (κ1) is 23.2. The maximum atomic E-state index is 12.4. The predicted molar refractivity (Wildman–Crippen MR) is 118 cm³/mol. The third-order valence-electron chi connectivity index (χ3n) is 4.98. The maximum Gasteiger partial charge on any atom is 0.243 e. The average molecular weight is 414 g/mol. The summed E-state index contributed by atoms with van der Waals surface area (Å²) in [6.07, 6.45) is 0. The van der Waals surface area contributed by atoms with E-state index < -0.39 is 6.04 Å². The molecule has 2 aromatic carbocycles. The van der Waals surface area contributed by atoms with Crippen LogP contribution in [0, 0.1) is 13.8 Å². The molecule has 0 fully saturated rings. The molecule has 7 heteroatoms. The van der Waals surface area contributed by atoms with E-state index in [9.17, 15) is 9.59 Å². The number of benzene rings is 2. The second-order valence-electron chi connectivity index (χ2n) is 7.19. The van der Waals surface area contributed by atoms with Crippen molar-refractivity contribution < 1.29 is 19.1 Å². The third-order valence-corrected chi connectivity index (χ3v) is 4.98. The molecule has 0 radical (unpaired) electrons. The molecule has 0 spiro atoms. The van der Waals surface area contributed by atoms with Crippen LogP contribution in [0.25, 0.3) is 0 Å². The van der Waals surface area contributed by atoms with E-state index in [1.165, 1.54) is 0 Å². The molecule has 0 heterocycles. The van der Waals surface area contributed by atoms with E-state index >= 15 is 0 Å². The van der Waals surface area contributed by atoms with Gasteiger partial charge in [-0.3, -0.25) is 14.5 Å². The standard InChI is InChI=1S/C23H31N3O4/c1-16-9-8-10-17(2)22(16)25-21(27)15-24-23(28)18(3)26(4)13-14-30-20-12-7-6-11-19(20)29-5/h6-12,18H,13-15H2,1-5H3,(H,24,28)(H,25,27). The van der Waals surface area contributed by atoms with Crippen LogP contribution in [-0.2, 0) is 9.59 Å². The lowest BCUT2D eigenvalue weighted by Crippen LogP contribution is -2.46. The molecular formula is C23H31N3O4. The summed E-state index contributed by atoms with van der Waals surface area (Å²) in [6, 6.07) is 12.8. The van der Waals surface area contributed by atoms with Crippen LogP contribution in [-0.4, -0.2) is 56.6 Å². The highest BCUT2D eigenvalue weighted by atomic mass is 16.5. The van der Waals surface area contributed by atoms with E-state index in [0.29, 0.717) is 24.7 Å². The van der Waals surface area contributed by atoms with Crippen LogP contribution >= 0.6 is 0 Å². The van der Waals surface area contributed by atoms with Gasteiger partial charge in [-0.05, 0) is 51.1 Å². The van der Waals surface area contributed by atoms with Crippen molar-refractivity contribution in [2.45, 2.75) is 26.8 Å². The van der Waals surface area contributed by atoms with Crippen molar-refractivity contribution >= 4 is 17.5 Å². The fraction of sp³-hybridized carbons (Fsp3) is 0.391. The molecule has 0 aliphatic heterocycles. The lowest BCUT2D eigenvalue weighted by Gasteiger charge is -2.24. The second kappa shape index (κ2) is 11.2. The van der Waals surface area contributed by atoms with Gasteiger partial charge < -0.3 is 20.1 Å². The number of aryl methyl sites for hydroxylation is 2. The van der Waals surface area contributed by atoms with Gasteiger partial charge >= 0.3 is 0 Å². The summed E-state index contributed by atoms with van der Waals surface area (Å²) in [7, 11) is 3.43. The zero-order valence-electron chi connectivity index (χ0n) is 18.3. The maximum absolute atomic E-state index is 12.4. The van der Waals surface area contributed by atoms with Crippen LogP contribution in [0.5, 0.6) is 11.5 Å². The number of ether oxygens (including phenoxy) is 2. The lowest BCUT2D eigenvalue weighted by molar-refractivity contribution is -0.127. The number of hydrogen-bond donors (Lipinski definition) is 2. The Hall–Kier alpha value is -3.06. The van der Waals surface area contributed by atoms with Gasteiger partial charge in [0.05, 0.1) is 19.7 Å². The van der Waals surface area contributed by atoms with Crippen LogP contribution in [0.15, 0.2) is 42.5 Å². The summed E-state index contributed by atoms with van der Waals surface area (Å²) >= 11 is 0. The number of likely N-dealkylation sites (N-methyl/N-ethyl adjacent to an activating group) is 1. The first-order valence-electron chi connectivity index (χ1n) is 9.93. The zero-order valence-corrected chi connectivity index (χ0v) is 18.3. The SMILES string of the molecule is COc1ccccc1OCCN(C)C(C)C(=O)NCC(=O)Nc1c(C)cccc1C. The Morgan fingerprint density at radius 3 is 2.30 bits per heavy atom. The van der Waals surface area contributed by atoms with Crippen molar-refractivity contribution in [2.75, 3.05) is 39.2 Å². The van der Waals surface area contributed by atoms with E-state index in [1.54, 1.807) is 14.0 Å². The smallest absolute Gasteiger partial charge is 0.243 e. The van der Waals surface area contributed by atoms with Gasteiger partial charge in [0.2, 0.25) is 11.8 Å². The van der Waals surface area contributed by atoms with Gasteiger partial charge in [0, 0.05) is 12.2 Å². The normalized spacial score (nSPS) is 11.7. The van der Waals surface area contributed by atoms with Crippen molar-refractivity contribution in [1.82, 2.24) is 10.2 Å². The Labute approximate surface area is 178 Å². The number of amides is 2. The molecule has 2 rings (SSSR count). The Morgan fingerprint density at radius 2 is 1.67 bits per heavy atom. The minimum absolute atomic E-state index is 0.0809. The number of para-hydroxylation sites is 3. The van der Waals surface area contributed by atoms with E-state index in [4.69, 9.17) is 9.47 Å². The number of methoxy groups -OCH3 is 1. The van der Waals surface area contributed by atoms with Gasteiger partial charge in [-0.1, -0.05) is 30.3 Å². The first-order valence-corrected chi connectivity index (χ1v) is 9.93. The largest absolute Gasteiger partial charge is 0.493 e. The van der Waals surface area contributed by atoms with Crippen LogP contribution in [0.4, 0.5) is 5.69 Å². The predicted octanol–water partition coefficient (Wildman–Crippen LogP) is 2.77. The van der Waals surface area contributed by atoms with E-state index in [0.717, 1.165) is 16.8 Å². The van der Waals surface area contributed by atoms with Crippen LogP contribution in [0.3, 0.4) is 0 Å². The molecule has 1 atom stereocenters. The third kappa shape index (κ3) is 6.49. The number of carbonyl (C=O) groups is 2. The molecule has 2 amide bonds. The summed E-state index contributed by atoms with van der Waals surface area (Å²) in [5.74, 6) is 0.857. The highest BCUT2D eigenvalue weighted by Crippen LogP contribution is 2.25. The molecule has 162 valence electrons. The number of nitrogens with zero attached hydrogens (tertiary/aromatic N) is 1. The highest BCUT2D eigenvalue weighted by molar-refractivity contribution is 5.96. The average Bonchev–Trinajstić information content (AvgIpc) is 2.74. The number of rotatable bonds is 10. The van der Waals surface area contributed by atoms with Gasteiger partial charge in [0.1, 0.15) is 6.61 Å². The van der Waals surface area contributed by atoms with Crippen LogP contribution < -0.4 is 20.1 Å². The molecule has 1 unspecified atom stereocenters. The Kier molecular flexibility index (Phi) is 8.68. The van der Waals surface area contributed by atoms with Gasteiger partial charge in [-0.15, -0.1) is 0 Å². The highest BCUT2D eigenvalue weighted by Gasteiger charge is 2.19. The summed E-state index contributed by atoms with van der Waals surface area (Å²) < 4.78 is 11.0. The van der Waals surface area contributed by atoms with E-state index in [1.807, 2.05) is 68.3 Å². The van der Waals surface area contributed by atoms with Crippen molar-refractivity contribution in [3.8, 4) is 11.5 Å². The fourth-order valence-corrected chi connectivity index (χ4v) is 2.94. The Bertz CT molecular complexity index is 849. The van der Waals surface area contributed by atoms with Crippen LogP contribution in [0.1, 0.15) is 18.1 Å². The van der Waals surface area contributed by atoms with Crippen molar-refractivity contribution in [2.24, 2.45) is 0 Å². The molecule has 2 N–H and O–H groups in total. The topological polar surface area (TPSA) is 79.9 Å². The quantitative estimate of drug-likeness (QED) is 0.626. The van der Waals surface area contributed by atoms with Gasteiger partial charge in [0.25, 0.3) is 0 Å². The summed E-state index contributed by atoms with van der Waals surface area (Å²) in [4.78, 5) is 26.5. The second-order valence-corrected chi connectivity index (χ2v) is 7.19. The molecule has 30 heavy (non-hydrogen) atoms. The molecule has 0 bridgehead atoms.